The molecule has 1 aromatic heterocycles. The molecule has 0 saturated heterocycles. The van der Waals surface area contributed by atoms with E-state index in [0.717, 1.165) is 35.6 Å². The van der Waals surface area contributed by atoms with E-state index in [2.05, 4.69) is 109 Å². The number of fused-ring (bicyclic) bond motifs is 3. The molecule has 4 nitrogen and oxygen atoms in total. The van der Waals surface area contributed by atoms with Crippen molar-refractivity contribution in [3.63, 3.8) is 0 Å². The number of hydrogen-bond donors (Lipinski definition) is 0. The first-order valence-electron chi connectivity index (χ1n) is 12.2. The predicted molar refractivity (Wildman–Crippen MR) is 141 cm³/mol. The van der Waals surface area contributed by atoms with E-state index in [0.29, 0.717) is 11.8 Å². The van der Waals surface area contributed by atoms with Gasteiger partial charge in [0.15, 0.2) is 5.84 Å². The van der Waals surface area contributed by atoms with E-state index in [9.17, 15) is 0 Å². The van der Waals surface area contributed by atoms with Crippen LogP contribution in [0, 0.1) is 0 Å². The van der Waals surface area contributed by atoms with Crippen molar-refractivity contribution in [2.45, 2.75) is 44.8 Å². The van der Waals surface area contributed by atoms with E-state index in [4.69, 9.17) is 9.98 Å². The zero-order chi connectivity index (χ0) is 23.2. The highest BCUT2D eigenvalue weighted by atomic mass is 15.4. The zero-order valence-corrected chi connectivity index (χ0v) is 20.0. The first kappa shape index (κ1) is 20.9. The monoisotopic (exact) mass is 446 g/mol. The SMILES string of the molecule is CC1CC=Cc2c3c(n(C4N=C(c5ccccc5)N=C(c5ccccc5)N4C)c21)C(C)CC=C3. The molecule has 2 aliphatic carbocycles. The molecular formula is C30H30N4. The highest BCUT2D eigenvalue weighted by Gasteiger charge is 2.36. The Labute approximate surface area is 201 Å². The van der Waals surface area contributed by atoms with Crippen LogP contribution in [0.15, 0.2) is 82.8 Å². The van der Waals surface area contributed by atoms with E-state index in [1.165, 1.54) is 22.5 Å². The minimum absolute atomic E-state index is 0.191. The van der Waals surface area contributed by atoms with Gasteiger partial charge < -0.3 is 9.47 Å². The maximum absolute atomic E-state index is 5.31. The van der Waals surface area contributed by atoms with Crippen LogP contribution in [0.3, 0.4) is 0 Å². The quantitative estimate of drug-likeness (QED) is 0.434. The highest BCUT2D eigenvalue weighted by molar-refractivity contribution is 6.12. The molecule has 0 N–H and O–H groups in total. The molecule has 0 spiro atoms. The molecule has 2 aromatic carbocycles. The summed E-state index contributed by atoms with van der Waals surface area (Å²) >= 11 is 0. The van der Waals surface area contributed by atoms with Gasteiger partial charge in [0.1, 0.15) is 5.84 Å². The third-order valence-corrected chi connectivity index (χ3v) is 7.27. The molecule has 0 fully saturated rings. The largest absolute Gasteiger partial charge is 0.320 e. The van der Waals surface area contributed by atoms with Crippen LogP contribution in [0.5, 0.6) is 0 Å². The van der Waals surface area contributed by atoms with Gasteiger partial charge in [-0.15, -0.1) is 0 Å². The molecule has 2 heterocycles. The molecular weight excluding hydrogens is 416 g/mol. The fraction of sp³-hybridized carbons (Fsp3) is 0.267. The number of aromatic nitrogens is 1. The number of aliphatic imine (C=N–C) groups is 2. The van der Waals surface area contributed by atoms with Gasteiger partial charge in [0.25, 0.3) is 0 Å². The van der Waals surface area contributed by atoms with Gasteiger partial charge in [0.2, 0.25) is 6.29 Å². The standard InChI is InChI=1S/C30H30N4/c1-20-12-10-18-24-25-19-11-13-21(2)27(25)34(26(20)24)30-32-28(22-14-6-4-7-15-22)31-29(33(30)3)23-16-8-5-9-17-23/h4-11,14-21,30H,12-13H2,1-3H3. The van der Waals surface area contributed by atoms with Crippen LogP contribution >= 0.6 is 0 Å². The molecule has 0 bridgehead atoms. The molecule has 3 aromatic rings. The Morgan fingerprint density at radius 1 is 0.735 bits per heavy atom. The van der Waals surface area contributed by atoms with E-state index in [-0.39, 0.29) is 6.29 Å². The second-order valence-corrected chi connectivity index (χ2v) is 9.62. The summed E-state index contributed by atoms with van der Waals surface area (Å²) in [7, 11) is 2.13. The number of amidine groups is 2. The summed E-state index contributed by atoms with van der Waals surface area (Å²) in [5.41, 5.74) is 7.68. The van der Waals surface area contributed by atoms with E-state index >= 15 is 0 Å². The summed E-state index contributed by atoms with van der Waals surface area (Å²) in [6.07, 6.45) is 11.2. The van der Waals surface area contributed by atoms with Crippen LogP contribution in [-0.2, 0) is 0 Å². The summed E-state index contributed by atoms with van der Waals surface area (Å²) in [5.74, 6) is 2.62. The number of nitrogens with zero attached hydrogens (tertiary/aromatic N) is 4. The van der Waals surface area contributed by atoms with Crippen LogP contribution in [-0.4, -0.2) is 28.2 Å². The second kappa shape index (κ2) is 8.28. The highest BCUT2D eigenvalue weighted by Crippen LogP contribution is 2.44. The summed E-state index contributed by atoms with van der Waals surface area (Å²) in [6, 6.07) is 20.8. The van der Waals surface area contributed by atoms with Crippen LogP contribution in [0.1, 0.15) is 78.5 Å². The Bertz CT molecular complexity index is 1300. The van der Waals surface area contributed by atoms with E-state index < -0.39 is 0 Å². The van der Waals surface area contributed by atoms with Crippen molar-refractivity contribution in [2.75, 3.05) is 7.05 Å². The average Bonchev–Trinajstić information content (AvgIpc) is 3.22. The van der Waals surface area contributed by atoms with Crippen LogP contribution in [0.4, 0.5) is 0 Å². The van der Waals surface area contributed by atoms with Gasteiger partial charge >= 0.3 is 0 Å². The number of allylic oxidation sites excluding steroid dienone is 2. The van der Waals surface area contributed by atoms with Gasteiger partial charge in [-0.05, 0) is 12.8 Å². The fourth-order valence-electron chi connectivity index (χ4n) is 5.60. The molecule has 4 heteroatoms. The normalized spacial score (nSPS) is 23.3. The van der Waals surface area contributed by atoms with Crippen LogP contribution in [0.25, 0.3) is 12.2 Å². The first-order chi connectivity index (χ1) is 16.6. The Hall–Kier alpha value is -3.66. The summed E-state index contributed by atoms with van der Waals surface area (Å²) < 4.78 is 2.54. The molecule has 3 unspecified atom stereocenters. The maximum Gasteiger partial charge on any atom is 0.206 e. The average molecular weight is 447 g/mol. The van der Waals surface area contributed by atoms with Crippen molar-refractivity contribution >= 4 is 23.8 Å². The predicted octanol–water partition coefficient (Wildman–Crippen LogP) is 6.82. The van der Waals surface area contributed by atoms with Gasteiger partial charge in [-0.2, -0.15) is 0 Å². The molecule has 170 valence electrons. The van der Waals surface area contributed by atoms with Gasteiger partial charge in [0.05, 0.1) is 0 Å². The Balaban J connectivity index is 1.60. The molecule has 3 aliphatic rings. The minimum Gasteiger partial charge on any atom is -0.320 e. The smallest absolute Gasteiger partial charge is 0.206 e. The van der Waals surface area contributed by atoms with Gasteiger partial charge in [0, 0.05) is 52.5 Å². The lowest BCUT2D eigenvalue weighted by molar-refractivity contribution is 0.266. The number of hydrogen-bond acceptors (Lipinski definition) is 3. The minimum atomic E-state index is -0.191. The molecule has 34 heavy (non-hydrogen) atoms. The van der Waals surface area contributed by atoms with Crippen molar-refractivity contribution in [1.29, 1.82) is 0 Å². The zero-order valence-electron chi connectivity index (χ0n) is 20.0. The van der Waals surface area contributed by atoms with Crippen molar-refractivity contribution in [2.24, 2.45) is 9.98 Å². The number of rotatable bonds is 3. The second-order valence-electron chi connectivity index (χ2n) is 9.62. The first-order valence-corrected chi connectivity index (χ1v) is 12.2. The summed E-state index contributed by atoms with van der Waals surface area (Å²) in [5, 5.41) is 0. The van der Waals surface area contributed by atoms with Crippen molar-refractivity contribution < 1.29 is 0 Å². The van der Waals surface area contributed by atoms with Crippen molar-refractivity contribution in [3.05, 3.63) is 106 Å². The molecule has 3 atom stereocenters. The third kappa shape index (κ3) is 3.28. The molecule has 1 aliphatic heterocycles. The van der Waals surface area contributed by atoms with E-state index in [1.54, 1.807) is 0 Å². The molecule has 6 rings (SSSR count). The maximum atomic E-state index is 5.31. The van der Waals surface area contributed by atoms with Crippen LogP contribution < -0.4 is 0 Å². The van der Waals surface area contributed by atoms with Gasteiger partial charge in [-0.25, -0.2) is 9.98 Å². The lowest BCUT2D eigenvalue weighted by Gasteiger charge is -2.37. The third-order valence-electron chi connectivity index (χ3n) is 7.27. The topological polar surface area (TPSA) is 32.9 Å². The summed E-state index contributed by atoms with van der Waals surface area (Å²) in [4.78, 5) is 12.6. The lowest BCUT2D eigenvalue weighted by atomic mass is 9.89. The van der Waals surface area contributed by atoms with Crippen molar-refractivity contribution in [3.8, 4) is 0 Å². The lowest BCUT2D eigenvalue weighted by Crippen LogP contribution is -2.40. The summed E-state index contributed by atoms with van der Waals surface area (Å²) in [6.45, 7) is 4.69. The fourth-order valence-corrected chi connectivity index (χ4v) is 5.60. The van der Waals surface area contributed by atoms with Crippen molar-refractivity contribution in [1.82, 2.24) is 9.47 Å². The van der Waals surface area contributed by atoms with Gasteiger partial charge in [-0.1, -0.05) is 98.8 Å². The number of benzene rings is 2. The Kier molecular flexibility index (Phi) is 5.09. The molecule has 0 amide bonds. The van der Waals surface area contributed by atoms with Crippen LogP contribution in [0.2, 0.25) is 0 Å². The van der Waals surface area contributed by atoms with Gasteiger partial charge in [-0.3, -0.25) is 0 Å². The Morgan fingerprint density at radius 3 is 1.82 bits per heavy atom. The molecule has 0 radical (unpaired) electrons. The Morgan fingerprint density at radius 2 is 1.26 bits per heavy atom. The molecule has 0 saturated carbocycles. The van der Waals surface area contributed by atoms with E-state index in [1.807, 2.05) is 6.07 Å².